The number of ether oxygens (including phenoxy) is 3. The molecule has 1 N–H and O–H groups in total. The van der Waals surface area contributed by atoms with Crippen LogP contribution in [0.1, 0.15) is 30.4 Å². The number of benzene rings is 2. The predicted molar refractivity (Wildman–Crippen MR) is 167 cm³/mol. The summed E-state index contributed by atoms with van der Waals surface area (Å²) in [6.45, 7) is 1.09. The van der Waals surface area contributed by atoms with Crippen molar-refractivity contribution in [2.45, 2.75) is 50.5 Å². The van der Waals surface area contributed by atoms with Crippen LogP contribution in [0.25, 0.3) is 10.9 Å². The second-order valence-electron chi connectivity index (χ2n) is 11.5. The highest BCUT2D eigenvalue weighted by atomic mass is 16.6. The van der Waals surface area contributed by atoms with Crippen LogP contribution in [0.15, 0.2) is 65.6 Å². The van der Waals surface area contributed by atoms with Crippen molar-refractivity contribution in [1.29, 1.82) is 5.26 Å². The van der Waals surface area contributed by atoms with E-state index in [1.54, 1.807) is 29.9 Å². The first kappa shape index (κ1) is 29.2. The third-order valence-corrected chi connectivity index (χ3v) is 8.77. The number of hydrogen-bond donors (Lipinski definition) is 1. The van der Waals surface area contributed by atoms with Gasteiger partial charge in [-0.3, -0.25) is 14.5 Å². The Labute approximate surface area is 263 Å². The Morgan fingerprint density at radius 2 is 1.91 bits per heavy atom. The van der Waals surface area contributed by atoms with Gasteiger partial charge in [0.05, 0.1) is 43.0 Å². The molecule has 0 bridgehead atoms. The van der Waals surface area contributed by atoms with E-state index in [-0.39, 0.29) is 48.8 Å². The van der Waals surface area contributed by atoms with Gasteiger partial charge in [0.15, 0.2) is 18.2 Å². The van der Waals surface area contributed by atoms with Gasteiger partial charge in [-0.15, -0.1) is 0 Å². The molecule has 4 aromatic rings. The lowest BCUT2D eigenvalue weighted by Gasteiger charge is -2.33. The van der Waals surface area contributed by atoms with E-state index in [1.807, 2.05) is 30.3 Å². The first-order chi connectivity index (χ1) is 22.4. The number of carbonyl (C=O) groups is 2. The van der Waals surface area contributed by atoms with Crippen molar-refractivity contribution in [3.05, 3.63) is 82.3 Å². The van der Waals surface area contributed by atoms with Crippen molar-refractivity contribution in [2.75, 3.05) is 30.1 Å². The lowest BCUT2D eigenvalue weighted by molar-refractivity contribution is -0.121. The summed E-state index contributed by atoms with van der Waals surface area (Å²) in [6.07, 6.45) is 2.60. The average Bonchev–Trinajstić information content (AvgIpc) is 3.41. The van der Waals surface area contributed by atoms with Gasteiger partial charge < -0.3 is 24.1 Å². The van der Waals surface area contributed by atoms with E-state index in [9.17, 15) is 19.6 Å². The number of amides is 2. The summed E-state index contributed by atoms with van der Waals surface area (Å²) in [5.41, 5.74) is 1.97. The van der Waals surface area contributed by atoms with Crippen LogP contribution in [0, 0.1) is 11.3 Å². The van der Waals surface area contributed by atoms with Crippen LogP contribution >= 0.6 is 0 Å². The van der Waals surface area contributed by atoms with Gasteiger partial charge in [0.2, 0.25) is 5.95 Å². The van der Waals surface area contributed by atoms with Crippen LogP contribution in [-0.4, -0.2) is 65.0 Å². The van der Waals surface area contributed by atoms with E-state index in [0.717, 1.165) is 22.9 Å². The molecule has 1 saturated carbocycles. The van der Waals surface area contributed by atoms with Gasteiger partial charge in [-0.1, -0.05) is 18.2 Å². The molecule has 3 aliphatic rings. The number of carbonyl (C=O) groups excluding carboxylic acids is 2. The molecule has 234 valence electrons. The molecule has 2 aliphatic heterocycles. The fraction of sp³-hybridized carbons (Fsp3) is 0.333. The van der Waals surface area contributed by atoms with Gasteiger partial charge in [-0.05, 0) is 54.1 Å². The number of hydrogen-bond acceptors (Lipinski definition) is 10. The summed E-state index contributed by atoms with van der Waals surface area (Å²) >= 11 is 0. The van der Waals surface area contributed by atoms with E-state index in [2.05, 4.69) is 21.4 Å². The molecule has 13 heteroatoms. The highest BCUT2D eigenvalue weighted by molar-refractivity contribution is 5.97. The summed E-state index contributed by atoms with van der Waals surface area (Å²) in [7, 11) is 1.59. The molecular formula is C33H31N7O6. The maximum absolute atomic E-state index is 13.1. The molecule has 1 saturated heterocycles. The fourth-order valence-corrected chi connectivity index (χ4v) is 6.42. The van der Waals surface area contributed by atoms with E-state index < -0.39 is 6.09 Å². The third kappa shape index (κ3) is 5.48. The number of methoxy groups -OCH3 is 1. The van der Waals surface area contributed by atoms with Gasteiger partial charge in [0.1, 0.15) is 11.9 Å². The Hall–Kier alpha value is -5.48. The second-order valence-corrected chi connectivity index (χ2v) is 11.5. The zero-order valence-corrected chi connectivity index (χ0v) is 25.1. The number of anilines is 2. The van der Waals surface area contributed by atoms with Gasteiger partial charge in [-0.2, -0.15) is 10.2 Å². The minimum absolute atomic E-state index is 0.0739. The van der Waals surface area contributed by atoms with Crippen molar-refractivity contribution < 1.29 is 23.8 Å². The Kier molecular flexibility index (Phi) is 7.71. The maximum atomic E-state index is 13.1. The summed E-state index contributed by atoms with van der Waals surface area (Å²) in [5.74, 6) is 1.28. The molecule has 3 atom stereocenters. The Morgan fingerprint density at radius 3 is 2.72 bits per heavy atom. The topological polar surface area (TPSA) is 152 Å². The maximum Gasteiger partial charge on any atom is 0.417 e. The van der Waals surface area contributed by atoms with Crippen LogP contribution in [0.3, 0.4) is 0 Å². The quantitative estimate of drug-likeness (QED) is 0.311. The van der Waals surface area contributed by atoms with E-state index in [4.69, 9.17) is 14.2 Å². The van der Waals surface area contributed by atoms with Crippen molar-refractivity contribution >= 4 is 34.7 Å². The lowest BCUT2D eigenvalue weighted by atomic mass is 9.88. The standard InChI is InChI=1S/C33H31N7O6/c1-44-24-8-3-20(4-9-24)18-39-30(42)19-45-28-17-36-32(37-31(28)39)40-25-10-7-23(15-27(25)46-33(40)43)35-12-13-38-26-14-21(16-34)2-5-22(26)6-11-29(38)41/h2-6,8-9,11,14,17,23,25,27,35H,7,10,12-13,15,18-19H2,1H3/t23-,25-,27-/m1/s1. The Bertz CT molecular complexity index is 1920. The van der Waals surface area contributed by atoms with Crippen LogP contribution in [-0.2, 0) is 22.6 Å². The van der Waals surface area contributed by atoms with Gasteiger partial charge >= 0.3 is 6.09 Å². The molecule has 4 heterocycles. The summed E-state index contributed by atoms with van der Waals surface area (Å²) < 4.78 is 18.3. The van der Waals surface area contributed by atoms with Crippen molar-refractivity contribution in [2.24, 2.45) is 0 Å². The zero-order valence-electron chi connectivity index (χ0n) is 25.1. The van der Waals surface area contributed by atoms with Crippen molar-refractivity contribution in [3.8, 4) is 17.6 Å². The molecule has 0 spiro atoms. The van der Waals surface area contributed by atoms with E-state index >= 15 is 0 Å². The van der Waals surface area contributed by atoms with Crippen LogP contribution < -0.4 is 30.1 Å². The van der Waals surface area contributed by atoms with Gasteiger partial charge in [0, 0.05) is 31.6 Å². The zero-order chi connectivity index (χ0) is 31.8. The number of aromatic nitrogens is 3. The third-order valence-electron chi connectivity index (χ3n) is 8.77. The minimum Gasteiger partial charge on any atom is -0.497 e. The van der Waals surface area contributed by atoms with Crippen LogP contribution in [0.2, 0.25) is 0 Å². The SMILES string of the molecule is COc1ccc(CN2C(=O)COc3cnc(N4C(=O)O[C@@H]5C[C@H](NCCn6c(=O)ccc7ccc(C#N)cc76)CC[C@H]54)nc32)cc1. The predicted octanol–water partition coefficient (Wildman–Crippen LogP) is 3.13. The molecule has 2 fully saturated rings. The highest BCUT2D eigenvalue weighted by Crippen LogP contribution is 2.37. The number of nitriles is 1. The number of nitrogens with zero attached hydrogens (tertiary/aromatic N) is 6. The molecule has 0 radical (unpaired) electrons. The van der Waals surface area contributed by atoms with Crippen LogP contribution in [0.4, 0.5) is 16.6 Å². The summed E-state index contributed by atoms with van der Waals surface area (Å²) in [5, 5.41) is 13.7. The van der Waals surface area contributed by atoms with E-state index in [1.165, 1.54) is 22.1 Å². The first-order valence-electron chi connectivity index (χ1n) is 15.1. The van der Waals surface area contributed by atoms with Gasteiger partial charge in [0.25, 0.3) is 11.5 Å². The van der Waals surface area contributed by atoms with Crippen LogP contribution in [0.5, 0.6) is 11.5 Å². The fourth-order valence-electron chi connectivity index (χ4n) is 6.42. The van der Waals surface area contributed by atoms with Gasteiger partial charge in [-0.25, -0.2) is 14.7 Å². The average molecular weight is 622 g/mol. The summed E-state index contributed by atoms with van der Waals surface area (Å²) in [4.78, 5) is 50.8. The lowest BCUT2D eigenvalue weighted by Crippen LogP contribution is -2.47. The second kappa shape index (κ2) is 12.1. The number of fused-ring (bicyclic) bond motifs is 3. The number of pyridine rings is 1. The molecule has 7 rings (SSSR count). The molecule has 46 heavy (non-hydrogen) atoms. The molecule has 1 aliphatic carbocycles. The largest absolute Gasteiger partial charge is 0.497 e. The molecule has 0 unspecified atom stereocenters. The monoisotopic (exact) mass is 621 g/mol. The minimum atomic E-state index is -0.532. The summed E-state index contributed by atoms with van der Waals surface area (Å²) in [6, 6.07) is 18.0. The Morgan fingerprint density at radius 1 is 1.09 bits per heavy atom. The highest BCUT2D eigenvalue weighted by Gasteiger charge is 2.47. The Balaban J connectivity index is 1.03. The van der Waals surface area contributed by atoms with E-state index in [0.29, 0.717) is 48.8 Å². The molecule has 2 amide bonds. The number of nitrogens with one attached hydrogen (secondary N) is 1. The molecule has 2 aromatic carbocycles. The molecule has 13 nitrogen and oxygen atoms in total. The molecular weight excluding hydrogens is 590 g/mol. The smallest absolute Gasteiger partial charge is 0.417 e. The normalized spacial score (nSPS) is 20.5. The molecule has 2 aromatic heterocycles. The first-order valence-corrected chi connectivity index (χ1v) is 15.1. The van der Waals surface area contributed by atoms with Crippen molar-refractivity contribution in [3.63, 3.8) is 0 Å². The van der Waals surface area contributed by atoms with Crippen molar-refractivity contribution in [1.82, 2.24) is 19.9 Å². The number of rotatable bonds is 8.